The van der Waals surface area contributed by atoms with Gasteiger partial charge in [-0.2, -0.15) is 0 Å². The van der Waals surface area contributed by atoms with Gasteiger partial charge in [-0.3, -0.25) is 4.98 Å². The van der Waals surface area contributed by atoms with Gasteiger partial charge in [-0.15, -0.1) is 0 Å². The lowest BCUT2D eigenvalue weighted by molar-refractivity contribution is 0.350. The van der Waals surface area contributed by atoms with Gasteiger partial charge in [0.1, 0.15) is 5.75 Å². The number of hydrogen-bond donors (Lipinski definition) is 1. The van der Waals surface area contributed by atoms with E-state index in [1.807, 2.05) is 6.07 Å². The predicted octanol–water partition coefficient (Wildman–Crippen LogP) is 3.37. The quantitative estimate of drug-likeness (QED) is 0.937. The second-order valence-electron chi connectivity index (χ2n) is 4.82. The highest BCUT2D eigenvalue weighted by Crippen LogP contribution is 2.37. The summed E-state index contributed by atoms with van der Waals surface area (Å²) in [5.74, 6) is 1.01. The molecular weight excluding hydrogens is 272 g/mol. The minimum atomic E-state index is 0.0311. The number of nitrogens with zero attached hydrogens (tertiary/aromatic N) is 1. The highest BCUT2D eigenvalue weighted by atomic mass is 35.5. The monoisotopic (exact) mass is 288 g/mol. The van der Waals surface area contributed by atoms with Crippen molar-refractivity contribution >= 4 is 11.6 Å². The number of para-hydroxylation sites is 1. The maximum absolute atomic E-state index is 6.31. The fourth-order valence-electron chi connectivity index (χ4n) is 2.68. The molecule has 3 nitrogen and oxygen atoms in total. The van der Waals surface area contributed by atoms with Crippen LogP contribution in [0.4, 0.5) is 0 Å². The van der Waals surface area contributed by atoms with Gasteiger partial charge in [0.25, 0.3) is 0 Å². The zero-order chi connectivity index (χ0) is 13.9. The smallest absolute Gasteiger partial charge is 0.127 e. The summed E-state index contributed by atoms with van der Waals surface area (Å²) >= 11 is 6.31. The summed E-state index contributed by atoms with van der Waals surface area (Å²) in [5, 5.41) is 4.17. The Balaban J connectivity index is 2.08. The third kappa shape index (κ3) is 2.39. The van der Waals surface area contributed by atoms with Gasteiger partial charge in [-0.25, -0.2) is 0 Å². The molecule has 104 valence electrons. The van der Waals surface area contributed by atoms with Crippen molar-refractivity contribution in [3.8, 4) is 5.75 Å². The molecule has 1 unspecified atom stereocenters. The number of rotatable bonds is 4. The summed E-state index contributed by atoms with van der Waals surface area (Å²) in [4.78, 5) is 4.06. The van der Waals surface area contributed by atoms with Crippen molar-refractivity contribution in [1.29, 1.82) is 0 Å². The third-order valence-electron chi connectivity index (χ3n) is 3.58. The number of ether oxygens (including phenoxy) is 1. The van der Waals surface area contributed by atoms with Crippen LogP contribution in [0.15, 0.2) is 36.7 Å². The van der Waals surface area contributed by atoms with Gasteiger partial charge in [0.15, 0.2) is 0 Å². The van der Waals surface area contributed by atoms with Crippen LogP contribution in [0.25, 0.3) is 0 Å². The van der Waals surface area contributed by atoms with Gasteiger partial charge in [-0.05, 0) is 23.7 Å². The lowest BCUT2D eigenvalue weighted by Gasteiger charge is -2.22. The molecule has 1 aromatic carbocycles. The first kappa shape index (κ1) is 13.4. The normalized spacial score (nSPS) is 14.7. The Morgan fingerprint density at radius 1 is 1.35 bits per heavy atom. The molecule has 1 aromatic heterocycles. The van der Waals surface area contributed by atoms with E-state index < -0.39 is 0 Å². The molecule has 1 aliphatic heterocycles. The van der Waals surface area contributed by atoms with Crippen LogP contribution in [0.1, 0.15) is 29.7 Å². The van der Waals surface area contributed by atoms with E-state index in [-0.39, 0.29) is 6.04 Å². The lowest BCUT2D eigenvalue weighted by atomic mass is 9.96. The Hall–Kier alpha value is -1.58. The van der Waals surface area contributed by atoms with E-state index in [9.17, 15) is 0 Å². The predicted molar refractivity (Wildman–Crippen MR) is 80.4 cm³/mol. The minimum absolute atomic E-state index is 0.0311. The number of halogens is 1. The molecule has 2 heterocycles. The van der Waals surface area contributed by atoms with Crippen LogP contribution in [0, 0.1) is 0 Å². The number of pyridine rings is 1. The van der Waals surface area contributed by atoms with Crippen LogP contribution in [-0.4, -0.2) is 18.1 Å². The summed E-state index contributed by atoms with van der Waals surface area (Å²) in [5.41, 5.74) is 3.46. The molecule has 0 fully saturated rings. The van der Waals surface area contributed by atoms with Crippen LogP contribution in [0.2, 0.25) is 5.02 Å². The number of nitrogens with one attached hydrogen (secondary N) is 1. The maximum Gasteiger partial charge on any atom is 0.127 e. The molecule has 1 atom stereocenters. The Morgan fingerprint density at radius 3 is 3.05 bits per heavy atom. The van der Waals surface area contributed by atoms with Gasteiger partial charge < -0.3 is 10.1 Å². The second-order valence-corrected chi connectivity index (χ2v) is 5.23. The molecule has 3 rings (SSSR count). The van der Waals surface area contributed by atoms with Crippen LogP contribution in [0.5, 0.6) is 5.75 Å². The van der Waals surface area contributed by atoms with Crippen molar-refractivity contribution in [2.24, 2.45) is 0 Å². The van der Waals surface area contributed by atoms with E-state index in [0.717, 1.165) is 36.4 Å². The molecule has 1 aliphatic rings. The Morgan fingerprint density at radius 2 is 2.25 bits per heavy atom. The largest absolute Gasteiger partial charge is 0.493 e. The van der Waals surface area contributed by atoms with E-state index in [4.69, 9.17) is 16.3 Å². The fourth-order valence-corrected chi connectivity index (χ4v) is 2.91. The van der Waals surface area contributed by atoms with Crippen LogP contribution in [0.3, 0.4) is 0 Å². The first-order valence-corrected chi connectivity index (χ1v) is 7.26. The molecule has 0 radical (unpaired) electrons. The van der Waals surface area contributed by atoms with E-state index in [1.54, 1.807) is 12.4 Å². The highest BCUT2D eigenvalue weighted by molar-refractivity contribution is 6.31. The maximum atomic E-state index is 6.31. The summed E-state index contributed by atoms with van der Waals surface area (Å²) in [6.45, 7) is 3.70. The van der Waals surface area contributed by atoms with Crippen molar-refractivity contribution in [1.82, 2.24) is 10.3 Å². The first-order chi connectivity index (χ1) is 9.81. The van der Waals surface area contributed by atoms with Gasteiger partial charge in [-0.1, -0.05) is 36.7 Å². The zero-order valence-corrected chi connectivity index (χ0v) is 12.2. The number of aromatic nitrogens is 1. The van der Waals surface area contributed by atoms with Gasteiger partial charge >= 0.3 is 0 Å². The molecule has 20 heavy (non-hydrogen) atoms. The van der Waals surface area contributed by atoms with E-state index in [1.165, 1.54) is 5.56 Å². The summed E-state index contributed by atoms with van der Waals surface area (Å²) in [6, 6.07) is 8.31. The number of fused-ring (bicyclic) bond motifs is 1. The van der Waals surface area contributed by atoms with Crippen molar-refractivity contribution in [3.05, 3.63) is 58.4 Å². The minimum Gasteiger partial charge on any atom is -0.493 e. The first-order valence-electron chi connectivity index (χ1n) is 6.88. The molecule has 0 saturated heterocycles. The van der Waals surface area contributed by atoms with Crippen LogP contribution < -0.4 is 10.1 Å². The van der Waals surface area contributed by atoms with Crippen LogP contribution in [-0.2, 0) is 6.42 Å². The summed E-state index contributed by atoms with van der Waals surface area (Å²) < 4.78 is 5.82. The van der Waals surface area contributed by atoms with E-state index >= 15 is 0 Å². The molecule has 0 aliphatic carbocycles. The lowest BCUT2D eigenvalue weighted by Crippen LogP contribution is -2.23. The summed E-state index contributed by atoms with van der Waals surface area (Å²) in [6.07, 6.45) is 4.44. The Labute approximate surface area is 123 Å². The van der Waals surface area contributed by atoms with Gasteiger partial charge in [0, 0.05) is 24.4 Å². The van der Waals surface area contributed by atoms with Crippen molar-refractivity contribution in [2.75, 3.05) is 13.2 Å². The van der Waals surface area contributed by atoms with E-state index in [2.05, 4.69) is 35.4 Å². The Kier molecular flexibility index (Phi) is 3.90. The molecular formula is C16H17ClN2O. The second kappa shape index (κ2) is 5.81. The van der Waals surface area contributed by atoms with Gasteiger partial charge in [0.2, 0.25) is 0 Å². The van der Waals surface area contributed by atoms with E-state index in [0.29, 0.717) is 5.02 Å². The average Bonchev–Trinajstić information content (AvgIpc) is 2.94. The zero-order valence-electron chi connectivity index (χ0n) is 11.4. The third-order valence-corrected chi connectivity index (χ3v) is 3.89. The van der Waals surface area contributed by atoms with Crippen molar-refractivity contribution < 1.29 is 4.74 Å². The van der Waals surface area contributed by atoms with Crippen molar-refractivity contribution in [2.45, 2.75) is 19.4 Å². The standard InChI is InChI=1S/C16H17ClN2O/c1-2-19-15(12-6-8-18-10-14(12)17)13-5-3-4-11-7-9-20-16(11)13/h3-6,8,10,15,19H,2,7,9H2,1H3. The highest BCUT2D eigenvalue weighted by Gasteiger charge is 2.24. The average molecular weight is 289 g/mol. The molecule has 4 heteroatoms. The van der Waals surface area contributed by atoms with Crippen LogP contribution >= 0.6 is 11.6 Å². The molecule has 1 N–H and O–H groups in total. The summed E-state index contributed by atoms with van der Waals surface area (Å²) in [7, 11) is 0. The Bertz CT molecular complexity index is 615. The molecule has 0 saturated carbocycles. The van der Waals surface area contributed by atoms with Gasteiger partial charge in [0.05, 0.1) is 17.7 Å². The molecule has 2 aromatic rings. The number of hydrogen-bond acceptors (Lipinski definition) is 3. The molecule has 0 bridgehead atoms. The van der Waals surface area contributed by atoms with Crippen molar-refractivity contribution in [3.63, 3.8) is 0 Å². The molecule has 0 amide bonds. The fraction of sp³-hybridized carbons (Fsp3) is 0.312. The SMILES string of the molecule is CCNC(c1ccncc1Cl)c1cccc2c1OCC2. The number of benzene rings is 1. The topological polar surface area (TPSA) is 34.2 Å². The molecule has 0 spiro atoms.